The maximum Gasteiger partial charge on any atom is 0.315 e. The van der Waals surface area contributed by atoms with Gasteiger partial charge in [0.25, 0.3) is 11.7 Å². The second kappa shape index (κ2) is 23.7. The van der Waals surface area contributed by atoms with Gasteiger partial charge in [-0.25, -0.2) is 0 Å². The van der Waals surface area contributed by atoms with Gasteiger partial charge in [-0.05, 0) is 56.6 Å². The van der Waals surface area contributed by atoms with E-state index in [4.69, 9.17) is 33.4 Å². The Labute approximate surface area is 459 Å². The zero-order valence-corrected chi connectivity index (χ0v) is 47.7. The highest BCUT2D eigenvalue weighted by Crippen LogP contribution is 2.51. The van der Waals surface area contributed by atoms with Gasteiger partial charge in [0.1, 0.15) is 35.4 Å². The lowest BCUT2D eigenvalue weighted by molar-refractivity contribution is -0.164. The van der Waals surface area contributed by atoms with E-state index in [9.17, 15) is 19.5 Å². The van der Waals surface area contributed by atoms with Gasteiger partial charge in [0.2, 0.25) is 11.7 Å². The van der Waals surface area contributed by atoms with Crippen molar-refractivity contribution in [2.24, 2.45) is 34.6 Å². The van der Waals surface area contributed by atoms with Gasteiger partial charge in [-0.15, -0.1) is 0 Å². The molecule has 2 fully saturated rings. The van der Waals surface area contributed by atoms with Crippen LogP contribution >= 0.6 is 0 Å². The Bertz CT molecular complexity index is 2780. The first-order valence-electron chi connectivity index (χ1n) is 27.7. The van der Waals surface area contributed by atoms with Gasteiger partial charge in [-0.2, -0.15) is 0 Å². The summed E-state index contributed by atoms with van der Waals surface area (Å²) >= 11 is 0. The Morgan fingerprint density at radius 2 is 1.59 bits per heavy atom. The number of aliphatic hydroxyl groups excluding tert-OH is 1. The SMILES string of the molecule is COc1c(C)c2c3c4c1C(=O)C(=C1NC5(CCN(CC(C)C)CC5)N=C14)NC(=O)/C(C)=C\C=C\[C@H](C)[C@H](O)[C@@H](C)[C@@H](OC)[C@@H](C)[C@H](OC(=O)CC(=O)N1CCC(Cc4ccccc4)(OC)CC1)[C@H](C)C/C=C/O[C@@](C)(O2)C3=O. The molecule has 422 valence electrons. The van der Waals surface area contributed by atoms with Crippen molar-refractivity contribution in [3.8, 4) is 11.5 Å². The van der Waals surface area contributed by atoms with Crippen LogP contribution < -0.4 is 20.1 Å². The third-order valence-corrected chi connectivity index (χ3v) is 17.1. The second-order valence-corrected chi connectivity index (χ2v) is 23.1. The van der Waals surface area contributed by atoms with Crippen molar-refractivity contribution < 1.29 is 57.5 Å². The van der Waals surface area contributed by atoms with Crippen molar-refractivity contribution in [2.45, 2.75) is 143 Å². The first-order valence-corrected chi connectivity index (χ1v) is 27.7. The van der Waals surface area contributed by atoms with Gasteiger partial charge in [-0.1, -0.05) is 90.1 Å². The molecule has 0 radical (unpaired) electrons. The van der Waals surface area contributed by atoms with E-state index in [0.29, 0.717) is 68.1 Å². The predicted molar refractivity (Wildman–Crippen MR) is 295 cm³/mol. The smallest absolute Gasteiger partial charge is 0.315 e. The molecule has 6 aliphatic rings. The van der Waals surface area contributed by atoms with E-state index in [1.165, 1.54) is 20.3 Å². The van der Waals surface area contributed by atoms with Crippen molar-refractivity contribution in [1.82, 2.24) is 20.4 Å². The number of fused-ring (bicyclic) bond motifs is 3. The molecule has 78 heavy (non-hydrogen) atoms. The van der Waals surface area contributed by atoms with E-state index in [1.54, 1.807) is 57.3 Å². The minimum absolute atomic E-state index is 0.0118. The molecule has 1 spiro atoms. The number of hydrogen-bond donors (Lipinski definition) is 3. The summed E-state index contributed by atoms with van der Waals surface area (Å²) in [5.74, 6) is -5.55. The van der Waals surface area contributed by atoms with E-state index in [2.05, 4.69) is 41.5 Å². The number of allylic oxidation sites excluding steroid dienone is 5. The fraction of sp³-hybridized carbons (Fsp3) is 0.574. The molecule has 2 aromatic rings. The Balaban J connectivity index is 1.10. The minimum Gasteiger partial charge on any atom is -0.496 e. The van der Waals surface area contributed by atoms with Crippen LogP contribution in [0.15, 0.2) is 82.9 Å². The number of nitrogens with one attached hydrogen (secondary N) is 2. The average Bonchev–Trinajstić information content (AvgIpc) is 4.04. The molecular formula is C61H81N5O12. The van der Waals surface area contributed by atoms with E-state index >= 15 is 9.59 Å². The summed E-state index contributed by atoms with van der Waals surface area (Å²) in [7, 11) is 4.70. The van der Waals surface area contributed by atoms with Crippen LogP contribution in [0, 0.1) is 36.5 Å². The van der Waals surface area contributed by atoms with Gasteiger partial charge in [0, 0.05) is 108 Å². The van der Waals surface area contributed by atoms with Crippen LogP contribution in [-0.2, 0) is 39.8 Å². The molecule has 1 aliphatic carbocycles. The Morgan fingerprint density at radius 1 is 0.897 bits per heavy atom. The van der Waals surface area contributed by atoms with Crippen molar-refractivity contribution in [3.05, 3.63) is 106 Å². The fourth-order valence-corrected chi connectivity index (χ4v) is 12.5. The van der Waals surface area contributed by atoms with Gasteiger partial charge < -0.3 is 54.0 Å². The maximum atomic E-state index is 15.1. The molecule has 5 aliphatic heterocycles. The lowest BCUT2D eigenvalue weighted by atomic mass is 9.78. The molecule has 5 heterocycles. The molecule has 3 N–H and O–H groups in total. The number of Topliss-reactive ketones (excluding diaryl/α,β-unsaturated/α-hetero) is 2. The molecular weight excluding hydrogens is 995 g/mol. The predicted octanol–water partition coefficient (Wildman–Crippen LogP) is 7.57. The standard InChI is InChI=1S/C61H81N5O12/c1-35(2)34-65-27-25-61(26-28-65)63-48-45-46-52(70)50(49(48)64-61)62-58(72)38(5)19-16-18-36(3)51(69)39(6)54(73-10)40(7)53(37(4)20-17-31-76-59(9)57(71)47(45)56(78-59)41(8)55(46)74-11)77-44(68)32-43(67)66-29-23-60(75-12,24-30-66)33-42-21-14-13-15-22-42/h13-19,21-22,31,35-37,39-40,51,53-54,64,69H,20,23-30,32-34H2,1-12H3,(H,62,72)/b18-16+,31-17+,38-19-/t36-,37+,39+,40-,51-,53+,54+,59-/m0/s1. The van der Waals surface area contributed by atoms with Crippen LogP contribution in [0.4, 0.5) is 0 Å². The number of carbonyl (C=O) groups excluding carboxylic acids is 5. The van der Waals surface area contributed by atoms with Crippen LogP contribution in [0.25, 0.3) is 0 Å². The number of rotatable bonds is 10. The molecule has 17 nitrogen and oxygen atoms in total. The Morgan fingerprint density at radius 3 is 2.23 bits per heavy atom. The lowest BCUT2D eigenvalue weighted by Gasteiger charge is -2.41. The maximum absolute atomic E-state index is 15.1. The number of methoxy groups -OCH3 is 3. The van der Waals surface area contributed by atoms with Crippen molar-refractivity contribution in [3.63, 3.8) is 0 Å². The number of benzene rings is 2. The van der Waals surface area contributed by atoms with E-state index in [1.807, 2.05) is 45.9 Å². The third-order valence-electron chi connectivity index (χ3n) is 17.1. The fourth-order valence-electron chi connectivity index (χ4n) is 12.5. The van der Waals surface area contributed by atoms with Gasteiger partial charge in [0.05, 0.1) is 53.7 Å². The van der Waals surface area contributed by atoms with E-state index in [0.717, 1.165) is 25.2 Å². The van der Waals surface area contributed by atoms with Crippen molar-refractivity contribution in [1.29, 1.82) is 0 Å². The zero-order valence-electron chi connectivity index (χ0n) is 47.7. The summed E-state index contributed by atoms with van der Waals surface area (Å²) in [6.45, 7) is 20.0. The zero-order chi connectivity index (χ0) is 56.4. The number of hydrogen-bond acceptors (Lipinski definition) is 15. The molecule has 0 aromatic heterocycles. The van der Waals surface area contributed by atoms with E-state index < -0.39 is 88.9 Å². The number of likely N-dealkylation sites (tertiary alicyclic amines) is 2. The number of esters is 1. The van der Waals surface area contributed by atoms with Gasteiger partial charge >= 0.3 is 11.8 Å². The molecule has 8 rings (SSSR count). The summed E-state index contributed by atoms with van der Waals surface area (Å²) in [4.78, 5) is 81.6. The first-order chi connectivity index (χ1) is 37.1. The normalized spacial score (nSPS) is 29.8. The number of aliphatic imine (C=N–C) groups is 1. The van der Waals surface area contributed by atoms with E-state index in [-0.39, 0.29) is 51.8 Å². The monoisotopic (exact) mass is 1080 g/mol. The number of carbonyl (C=O) groups is 5. The summed E-state index contributed by atoms with van der Waals surface area (Å²) < 4.78 is 37.3. The number of amides is 2. The van der Waals surface area contributed by atoms with Crippen LogP contribution in [0.2, 0.25) is 0 Å². The average molecular weight is 1080 g/mol. The number of ether oxygens (including phenoxy) is 6. The molecule has 17 heteroatoms. The largest absolute Gasteiger partial charge is 0.496 e. The Hall–Kier alpha value is -6.14. The quantitative estimate of drug-likeness (QED) is 0.155. The highest BCUT2D eigenvalue weighted by atomic mass is 16.7. The summed E-state index contributed by atoms with van der Waals surface area (Å²) in [5.41, 5.74) is 1.66. The first kappa shape index (κ1) is 58.0. The number of aliphatic hydroxyl groups is 1. The van der Waals surface area contributed by atoms with Crippen LogP contribution in [-0.4, -0.2) is 139 Å². The highest BCUT2D eigenvalue weighted by molar-refractivity contribution is 6.34. The van der Waals surface area contributed by atoms with Gasteiger partial charge in [0.15, 0.2) is 0 Å². The van der Waals surface area contributed by atoms with Gasteiger partial charge in [-0.3, -0.25) is 29.0 Å². The molecule has 2 aromatic carbocycles. The third kappa shape index (κ3) is 11.6. The molecule has 5 bridgehead atoms. The summed E-state index contributed by atoms with van der Waals surface area (Å²) in [6.07, 6.45) is 8.82. The van der Waals surface area contributed by atoms with Crippen LogP contribution in [0.1, 0.15) is 131 Å². The Kier molecular flexibility index (Phi) is 17.6. The molecule has 2 amide bonds. The number of ketones is 2. The minimum atomic E-state index is -1.90. The lowest BCUT2D eigenvalue weighted by Crippen LogP contribution is -2.50. The molecule has 0 saturated carbocycles. The topological polar surface area (TPSA) is 204 Å². The van der Waals surface area contributed by atoms with Crippen molar-refractivity contribution in [2.75, 3.05) is 54.1 Å². The summed E-state index contributed by atoms with van der Waals surface area (Å²) in [5, 5.41) is 18.4. The molecule has 2 saturated heterocycles. The van der Waals surface area contributed by atoms with Crippen molar-refractivity contribution >= 4 is 35.1 Å². The summed E-state index contributed by atoms with van der Waals surface area (Å²) in [6, 6.07) is 10.1. The number of nitrogens with zero attached hydrogens (tertiary/aromatic N) is 3. The highest BCUT2D eigenvalue weighted by Gasteiger charge is 2.55. The molecule has 8 atom stereocenters. The van der Waals surface area contributed by atoms with Crippen LogP contribution in [0.5, 0.6) is 11.5 Å². The second-order valence-electron chi connectivity index (χ2n) is 23.1. The van der Waals surface area contributed by atoms with Crippen LogP contribution in [0.3, 0.4) is 0 Å². The number of piperidine rings is 2. The molecule has 0 unspecified atom stereocenters.